The third-order valence-corrected chi connectivity index (χ3v) is 3.68. The van der Waals surface area contributed by atoms with E-state index < -0.39 is 0 Å². The van der Waals surface area contributed by atoms with E-state index in [4.69, 9.17) is 0 Å². The lowest BCUT2D eigenvalue weighted by Crippen LogP contribution is -2.40. The van der Waals surface area contributed by atoms with Gasteiger partial charge in [0.25, 0.3) is 0 Å². The second-order valence-electron chi connectivity index (χ2n) is 6.05. The molecule has 1 saturated heterocycles. The van der Waals surface area contributed by atoms with Crippen LogP contribution in [0.15, 0.2) is 29.3 Å². The topological polar surface area (TPSA) is 68.8 Å². The molecule has 126 valence electrons. The summed E-state index contributed by atoms with van der Waals surface area (Å²) in [6.07, 6.45) is 2.19. The fraction of sp³-hybridized carbons (Fsp3) is 0.529. The van der Waals surface area contributed by atoms with Gasteiger partial charge in [-0.3, -0.25) is 4.99 Å². The smallest absolute Gasteiger partial charge is 0.321 e. The number of guanidine groups is 1. The standard InChI is InChI=1S/C17H27N5O/c1-13(2)20-16(18-3)19-12-14-7-6-8-15(11-14)21-17(23)22-9-4-5-10-22/h6-8,11,13H,4-5,9-10,12H2,1-3H3,(H,21,23)(H2,18,19,20). The largest absolute Gasteiger partial charge is 0.354 e. The van der Waals surface area contributed by atoms with Crippen LogP contribution in [0.25, 0.3) is 0 Å². The molecule has 1 aromatic rings. The van der Waals surface area contributed by atoms with Crippen molar-refractivity contribution in [1.82, 2.24) is 15.5 Å². The van der Waals surface area contributed by atoms with Crippen LogP contribution in [0, 0.1) is 0 Å². The van der Waals surface area contributed by atoms with Gasteiger partial charge in [0.05, 0.1) is 0 Å². The van der Waals surface area contributed by atoms with E-state index in [2.05, 4.69) is 34.8 Å². The summed E-state index contributed by atoms with van der Waals surface area (Å²) in [5.74, 6) is 0.770. The number of urea groups is 1. The number of hydrogen-bond acceptors (Lipinski definition) is 2. The first-order valence-corrected chi connectivity index (χ1v) is 8.20. The summed E-state index contributed by atoms with van der Waals surface area (Å²) in [4.78, 5) is 18.2. The molecule has 6 nitrogen and oxygen atoms in total. The summed E-state index contributed by atoms with van der Waals surface area (Å²) in [5, 5.41) is 9.49. The second kappa shape index (κ2) is 8.41. The molecule has 0 spiro atoms. The molecule has 3 N–H and O–H groups in total. The molecule has 6 heteroatoms. The van der Waals surface area contributed by atoms with Gasteiger partial charge in [0.1, 0.15) is 0 Å². The molecule has 2 rings (SSSR count). The van der Waals surface area contributed by atoms with Gasteiger partial charge in [-0.2, -0.15) is 0 Å². The van der Waals surface area contributed by atoms with Crippen LogP contribution in [-0.2, 0) is 6.54 Å². The van der Waals surface area contributed by atoms with Crippen molar-refractivity contribution < 1.29 is 4.79 Å². The third kappa shape index (κ3) is 5.47. The number of nitrogens with one attached hydrogen (secondary N) is 3. The molecule has 1 aliphatic rings. The number of nitrogens with zero attached hydrogens (tertiary/aromatic N) is 2. The van der Waals surface area contributed by atoms with E-state index in [9.17, 15) is 4.79 Å². The molecule has 0 aromatic heterocycles. The van der Waals surface area contributed by atoms with Crippen LogP contribution in [0.5, 0.6) is 0 Å². The highest BCUT2D eigenvalue weighted by molar-refractivity contribution is 5.89. The highest BCUT2D eigenvalue weighted by Crippen LogP contribution is 2.14. The Kier molecular flexibility index (Phi) is 6.26. The van der Waals surface area contributed by atoms with Crippen molar-refractivity contribution in [3.05, 3.63) is 29.8 Å². The lowest BCUT2D eigenvalue weighted by atomic mass is 10.2. The average Bonchev–Trinajstić information content (AvgIpc) is 3.06. The molecule has 0 unspecified atom stereocenters. The minimum absolute atomic E-state index is 0.00936. The van der Waals surface area contributed by atoms with E-state index in [0.29, 0.717) is 12.6 Å². The first-order valence-electron chi connectivity index (χ1n) is 8.20. The Labute approximate surface area is 138 Å². The van der Waals surface area contributed by atoms with Crippen LogP contribution < -0.4 is 16.0 Å². The zero-order valence-corrected chi connectivity index (χ0v) is 14.2. The molecule has 23 heavy (non-hydrogen) atoms. The van der Waals surface area contributed by atoms with Gasteiger partial charge in [-0.05, 0) is 44.4 Å². The van der Waals surface area contributed by atoms with Crippen LogP contribution in [0.3, 0.4) is 0 Å². The number of anilines is 1. The fourth-order valence-corrected chi connectivity index (χ4v) is 2.54. The van der Waals surface area contributed by atoms with Crippen LogP contribution in [0.1, 0.15) is 32.3 Å². The normalized spacial score (nSPS) is 15.0. The van der Waals surface area contributed by atoms with Crippen molar-refractivity contribution in [2.24, 2.45) is 4.99 Å². The van der Waals surface area contributed by atoms with Gasteiger partial charge in [-0.1, -0.05) is 12.1 Å². The quantitative estimate of drug-likeness (QED) is 0.590. The van der Waals surface area contributed by atoms with E-state index in [1.807, 2.05) is 29.2 Å². The molecule has 0 aliphatic carbocycles. The number of amides is 2. The lowest BCUT2D eigenvalue weighted by molar-refractivity contribution is 0.222. The maximum Gasteiger partial charge on any atom is 0.321 e. The van der Waals surface area contributed by atoms with Gasteiger partial charge in [0.15, 0.2) is 5.96 Å². The number of carbonyl (C=O) groups is 1. The van der Waals surface area contributed by atoms with Crippen LogP contribution in [-0.4, -0.2) is 43.1 Å². The summed E-state index contributed by atoms with van der Waals surface area (Å²) in [6.45, 7) is 6.50. The molecule has 0 saturated carbocycles. The summed E-state index contributed by atoms with van der Waals surface area (Å²) in [6, 6.07) is 8.20. The molecular formula is C17H27N5O. The van der Waals surface area contributed by atoms with Crippen molar-refractivity contribution in [1.29, 1.82) is 0 Å². The van der Waals surface area contributed by atoms with E-state index in [1.54, 1.807) is 7.05 Å². The SMILES string of the molecule is CN=C(NCc1cccc(NC(=O)N2CCCC2)c1)NC(C)C. The van der Waals surface area contributed by atoms with Crippen LogP contribution in [0.4, 0.5) is 10.5 Å². The number of hydrogen-bond donors (Lipinski definition) is 3. The Morgan fingerprint density at radius 2 is 2.04 bits per heavy atom. The Morgan fingerprint density at radius 1 is 1.30 bits per heavy atom. The molecule has 0 atom stereocenters. The first-order chi connectivity index (χ1) is 11.1. The Morgan fingerprint density at radius 3 is 2.70 bits per heavy atom. The average molecular weight is 317 g/mol. The molecule has 1 aromatic carbocycles. The van der Waals surface area contributed by atoms with Gasteiger partial charge in [0, 0.05) is 38.4 Å². The molecule has 0 radical (unpaired) electrons. The summed E-state index contributed by atoms with van der Waals surface area (Å²) in [5.41, 5.74) is 1.92. The zero-order valence-electron chi connectivity index (χ0n) is 14.2. The van der Waals surface area contributed by atoms with Crippen molar-refractivity contribution in [3.63, 3.8) is 0 Å². The van der Waals surface area contributed by atoms with Gasteiger partial charge in [-0.25, -0.2) is 4.79 Å². The predicted octanol–water partition coefficient (Wildman–Crippen LogP) is 2.39. The molecule has 1 heterocycles. The van der Waals surface area contributed by atoms with E-state index in [-0.39, 0.29) is 6.03 Å². The summed E-state index contributed by atoms with van der Waals surface area (Å²) < 4.78 is 0. The van der Waals surface area contributed by atoms with Gasteiger partial charge in [0.2, 0.25) is 0 Å². The van der Waals surface area contributed by atoms with E-state index >= 15 is 0 Å². The number of likely N-dealkylation sites (tertiary alicyclic amines) is 1. The monoisotopic (exact) mass is 317 g/mol. The maximum atomic E-state index is 12.1. The molecular weight excluding hydrogens is 290 g/mol. The lowest BCUT2D eigenvalue weighted by Gasteiger charge is -2.17. The van der Waals surface area contributed by atoms with Crippen LogP contribution >= 0.6 is 0 Å². The van der Waals surface area contributed by atoms with Crippen molar-refractivity contribution in [2.75, 3.05) is 25.5 Å². The Bertz CT molecular complexity index is 550. The van der Waals surface area contributed by atoms with Crippen molar-refractivity contribution in [3.8, 4) is 0 Å². The highest BCUT2D eigenvalue weighted by Gasteiger charge is 2.17. The molecule has 2 amide bonds. The summed E-state index contributed by atoms with van der Waals surface area (Å²) in [7, 11) is 1.75. The highest BCUT2D eigenvalue weighted by atomic mass is 16.2. The van der Waals surface area contributed by atoms with Gasteiger partial charge >= 0.3 is 6.03 Å². The second-order valence-corrected chi connectivity index (χ2v) is 6.05. The van der Waals surface area contributed by atoms with Gasteiger partial charge in [-0.15, -0.1) is 0 Å². The first kappa shape index (κ1) is 17.1. The Balaban J connectivity index is 1.90. The number of aliphatic imine (C=N–C) groups is 1. The minimum atomic E-state index is -0.00936. The number of benzene rings is 1. The molecule has 1 aliphatic heterocycles. The van der Waals surface area contributed by atoms with Crippen LogP contribution in [0.2, 0.25) is 0 Å². The predicted molar refractivity (Wildman–Crippen MR) is 94.7 cm³/mol. The fourth-order valence-electron chi connectivity index (χ4n) is 2.54. The van der Waals surface area contributed by atoms with E-state index in [1.165, 1.54) is 0 Å². The third-order valence-electron chi connectivity index (χ3n) is 3.68. The summed E-state index contributed by atoms with van der Waals surface area (Å²) >= 11 is 0. The van der Waals surface area contributed by atoms with E-state index in [0.717, 1.165) is 43.1 Å². The minimum Gasteiger partial charge on any atom is -0.354 e. The van der Waals surface area contributed by atoms with Crippen molar-refractivity contribution >= 4 is 17.7 Å². The number of rotatable bonds is 4. The Hall–Kier alpha value is -2.24. The number of carbonyl (C=O) groups excluding carboxylic acids is 1. The van der Waals surface area contributed by atoms with Gasteiger partial charge < -0.3 is 20.9 Å². The molecule has 1 fully saturated rings. The maximum absolute atomic E-state index is 12.1. The van der Waals surface area contributed by atoms with Crippen molar-refractivity contribution in [2.45, 2.75) is 39.3 Å². The zero-order chi connectivity index (χ0) is 16.7. The molecule has 0 bridgehead atoms.